The zero-order chi connectivity index (χ0) is 9.84. The van der Waals surface area contributed by atoms with Crippen LogP contribution >= 0.6 is 12.6 Å². The fraction of sp³-hybridized carbons (Fsp3) is 0.400. The van der Waals surface area contributed by atoms with Gasteiger partial charge in [0.05, 0.1) is 0 Å². The van der Waals surface area contributed by atoms with Gasteiger partial charge in [0.2, 0.25) is 0 Å². The van der Waals surface area contributed by atoms with E-state index in [1.54, 1.807) is 0 Å². The average Bonchev–Trinajstić information content (AvgIpc) is 2.09. The van der Waals surface area contributed by atoms with Crippen LogP contribution in [0.5, 0.6) is 0 Å². The van der Waals surface area contributed by atoms with Crippen molar-refractivity contribution in [2.75, 3.05) is 5.75 Å². The smallest absolute Gasteiger partial charge is 0.126 e. The van der Waals surface area contributed by atoms with Crippen LogP contribution < -0.4 is 0 Å². The Balaban J connectivity index is 2.91. The van der Waals surface area contributed by atoms with E-state index in [2.05, 4.69) is 12.6 Å². The molecule has 1 unspecified atom stereocenters. The summed E-state index contributed by atoms with van der Waals surface area (Å²) in [6.07, 6.45) is 0.753. The third kappa shape index (κ3) is 2.69. The molecule has 0 nitrogen and oxygen atoms in total. The minimum Gasteiger partial charge on any atom is -0.207 e. The standard InChI is InChI=1S/C10H12F2S/c1-7(4-5-13)9-6-8(11)2-3-10(9)12/h2-3,6-7,13H,4-5H2,1H3. The van der Waals surface area contributed by atoms with Gasteiger partial charge in [-0.25, -0.2) is 8.78 Å². The van der Waals surface area contributed by atoms with Crippen LogP contribution in [0.15, 0.2) is 18.2 Å². The molecule has 0 amide bonds. The summed E-state index contributed by atoms with van der Waals surface area (Å²) in [5, 5.41) is 0. The van der Waals surface area contributed by atoms with Gasteiger partial charge in [-0.15, -0.1) is 0 Å². The van der Waals surface area contributed by atoms with Gasteiger partial charge in [0, 0.05) is 0 Å². The molecule has 0 saturated heterocycles. The molecule has 0 saturated carbocycles. The summed E-state index contributed by atoms with van der Waals surface area (Å²) in [4.78, 5) is 0. The Bertz CT molecular complexity index is 286. The molecule has 0 radical (unpaired) electrons. The van der Waals surface area contributed by atoms with Gasteiger partial charge in [0.1, 0.15) is 11.6 Å². The molecule has 0 aliphatic rings. The van der Waals surface area contributed by atoms with Crippen molar-refractivity contribution in [2.24, 2.45) is 0 Å². The highest BCUT2D eigenvalue weighted by Gasteiger charge is 2.10. The van der Waals surface area contributed by atoms with Gasteiger partial charge in [-0.3, -0.25) is 0 Å². The Morgan fingerprint density at radius 2 is 2.08 bits per heavy atom. The first kappa shape index (κ1) is 10.5. The van der Waals surface area contributed by atoms with Crippen molar-refractivity contribution < 1.29 is 8.78 Å². The maximum atomic E-state index is 13.2. The quantitative estimate of drug-likeness (QED) is 0.714. The van der Waals surface area contributed by atoms with Crippen molar-refractivity contribution in [3.05, 3.63) is 35.4 Å². The van der Waals surface area contributed by atoms with Crippen LogP contribution in [0, 0.1) is 11.6 Å². The summed E-state index contributed by atoms with van der Waals surface area (Å²) < 4.78 is 25.9. The summed E-state index contributed by atoms with van der Waals surface area (Å²) in [7, 11) is 0. The normalized spacial score (nSPS) is 12.9. The molecule has 0 N–H and O–H groups in total. The van der Waals surface area contributed by atoms with Gasteiger partial charge in [-0.05, 0) is 41.9 Å². The molecule has 0 spiro atoms. The largest absolute Gasteiger partial charge is 0.207 e. The molecule has 0 fully saturated rings. The first-order valence-electron chi connectivity index (χ1n) is 4.21. The van der Waals surface area contributed by atoms with Crippen molar-refractivity contribution in [2.45, 2.75) is 19.3 Å². The zero-order valence-corrected chi connectivity index (χ0v) is 8.32. The number of thiol groups is 1. The average molecular weight is 202 g/mol. The van der Waals surface area contributed by atoms with Crippen molar-refractivity contribution in [1.82, 2.24) is 0 Å². The number of rotatable bonds is 3. The predicted octanol–water partition coefficient (Wildman–Crippen LogP) is 3.39. The van der Waals surface area contributed by atoms with Gasteiger partial charge >= 0.3 is 0 Å². The Labute approximate surface area is 82.4 Å². The second kappa shape index (κ2) is 4.61. The molecule has 3 heteroatoms. The SMILES string of the molecule is CC(CCS)c1cc(F)ccc1F. The van der Waals surface area contributed by atoms with Crippen LogP contribution in [0.3, 0.4) is 0 Å². The molecular weight excluding hydrogens is 190 g/mol. The number of hydrogen-bond acceptors (Lipinski definition) is 1. The van der Waals surface area contributed by atoms with Crippen molar-refractivity contribution >= 4 is 12.6 Å². The summed E-state index contributed by atoms with van der Waals surface area (Å²) >= 11 is 4.05. The Kier molecular flexibility index (Phi) is 3.72. The van der Waals surface area contributed by atoms with E-state index >= 15 is 0 Å². The molecular formula is C10H12F2S. The molecule has 1 aromatic rings. The number of halogens is 2. The molecule has 1 rings (SSSR count). The van der Waals surface area contributed by atoms with Crippen LogP contribution in [-0.2, 0) is 0 Å². The van der Waals surface area contributed by atoms with Gasteiger partial charge in [-0.2, -0.15) is 12.6 Å². The van der Waals surface area contributed by atoms with E-state index in [9.17, 15) is 8.78 Å². The van der Waals surface area contributed by atoms with Crippen LogP contribution in [0.25, 0.3) is 0 Å². The summed E-state index contributed by atoms with van der Waals surface area (Å²) in [6, 6.07) is 3.55. The highest BCUT2D eigenvalue weighted by molar-refractivity contribution is 7.80. The van der Waals surface area contributed by atoms with E-state index in [0.717, 1.165) is 12.5 Å². The fourth-order valence-electron chi connectivity index (χ4n) is 1.24. The molecule has 0 aromatic heterocycles. The van der Waals surface area contributed by atoms with Crippen LogP contribution in [0.2, 0.25) is 0 Å². The molecule has 13 heavy (non-hydrogen) atoms. The van der Waals surface area contributed by atoms with Gasteiger partial charge in [0.25, 0.3) is 0 Å². The Morgan fingerprint density at radius 3 is 2.69 bits per heavy atom. The Morgan fingerprint density at radius 1 is 1.38 bits per heavy atom. The van der Waals surface area contributed by atoms with Gasteiger partial charge in [-0.1, -0.05) is 6.92 Å². The number of hydrogen-bond donors (Lipinski definition) is 1. The van der Waals surface area contributed by atoms with Crippen LogP contribution in [0.4, 0.5) is 8.78 Å². The summed E-state index contributed by atoms with van der Waals surface area (Å²) in [5.41, 5.74) is 0.439. The van der Waals surface area contributed by atoms with Gasteiger partial charge < -0.3 is 0 Å². The molecule has 0 bridgehead atoms. The molecule has 0 aliphatic carbocycles. The van der Waals surface area contributed by atoms with Crippen LogP contribution in [-0.4, -0.2) is 5.75 Å². The maximum Gasteiger partial charge on any atom is 0.126 e. The first-order valence-corrected chi connectivity index (χ1v) is 4.84. The topological polar surface area (TPSA) is 0 Å². The maximum absolute atomic E-state index is 13.2. The van der Waals surface area contributed by atoms with E-state index in [4.69, 9.17) is 0 Å². The molecule has 1 aromatic carbocycles. The van der Waals surface area contributed by atoms with Crippen molar-refractivity contribution in [1.29, 1.82) is 0 Å². The van der Waals surface area contributed by atoms with E-state index < -0.39 is 0 Å². The molecule has 1 atom stereocenters. The lowest BCUT2D eigenvalue weighted by Gasteiger charge is -2.10. The second-order valence-corrected chi connectivity index (χ2v) is 3.53. The minimum atomic E-state index is -0.387. The highest BCUT2D eigenvalue weighted by atomic mass is 32.1. The van der Waals surface area contributed by atoms with E-state index in [1.807, 2.05) is 6.92 Å². The third-order valence-corrected chi connectivity index (χ3v) is 2.31. The van der Waals surface area contributed by atoms with Crippen molar-refractivity contribution in [3.8, 4) is 0 Å². The fourth-order valence-corrected chi connectivity index (χ4v) is 1.63. The minimum absolute atomic E-state index is 0.0215. The summed E-state index contributed by atoms with van der Waals surface area (Å²) in [5.74, 6) is -0.0248. The predicted molar refractivity (Wildman–Crippen MR) is 53.2 cm³/mol. The van der Waals surface area contributed by atoms with E-state index in [1.165, 1.54) is 12.1 Å². The third-order valence-electron chi connectivity index (χ3n) is 2.05. The lowest BCUT2D eigenvalue weighted by molar-refractivity contribution is 0.565. The monoisotopic (exact) mass is 202 g/mol. The van der Waals surface area contributed by atoms with E-state index in [-0.39, 0.29) is 17.6 Å². The molecule has 0 heterocycles. The lowest BCUT2D eigenvalue weighted by atomic mass is 9.98. The highest BCUT2D eigenvalue weighted by Crippen LogP contribution is 2.23. The molecule has 72 valence electrons. The number of benzene rings is 1. The Hall–Kier alpha value is -0.570. The molecule has 0 aliphatic heterocycles. The summed E-state index contributed by atoms with van der Waals surface area (Å²) in [6.45, 7) is 1.87. The van der Waals surface area contributed by atoms with E-state index in [0.29, 0.717) is 11.3 Å². The first-order chi connectivity index (χ1) is 6.15. The second-order valence-electron chi connectivity index (χ2n) is 3.08. The van der Waals surface area contributed by atoms with Gasteiger partial charge in [0.15, 0.2) is 0 Å². The lowest BCUT2D eigenvalue weighted by Crippen LogP contribution is -1.99. The van der Waals surface area contributed by atoms with Crippen LogP contribution in [0.1, 0.15) is 24.8 Å². The van der Waals surface area contributed by atoms with Crippen molar-refractivity contribution in [3.63, 3.8) is 0 Å². The zero-order valence-electron chi connectivity index (χ0n) is 7.43.